The summed E-state index contributed by atoms with van der Waals surface area (Å²) in [4.78, 5) is 21.4. The molecular weight excluding hydrogens is 194 g/mol. The Morgan fingerprint density at radius 1 is 1.27 bits per heavy atom. The van der Waals surface area contributed by atoms with Gasteiger partial charge in [0, 0.05) is 19.4 Å². The second-order valence-electron chi connectivity index (χ2n) is 4.18. The fourth-order valence-corrected chi connectivity index (χ4v) is 1.69. The highest BCUT2D eigenvalue weighted by Crippen LogP contribution is 2.28. The second kappa shape index (κ2) is 6.43. The molecule has 15 heavy (non-hydrogen) atoms. The number of carbonyl (C=O) groups excluding carboxylic acids is 1. The van der Waals surface area contributed by atoms with Gasteiger partial charge in [-0.3, -0.25) is 9.59 Å². The molecule has 0 aromatic heterocycles. The predicted molar refractivity (Wildman–Crippen MR) is 56.5 cm³/mol. The molecule has 0 heterocycles. The molecule has 1 fully saturated rings. The van der Waals surface area contributed by atoms with Crippen LogP contribution in [-0.4, -0.2) is 23.5 Å². The van der Waals surface area contributed by atoms with E-state index in [2.05, 4.69) is 5.32 Å². The Labute approximate surface area is 90.0 Å². The molecular formula is C11H19NO3. The molecule has 1 aliphatic rings. The number of hydrogen-bond donors (Lipinski definition) is 2. The summed E-state index contributed by atoms with van der Waals surface area (Å²) in [6.07, 6.45) is 5.85. The number of carbonyl (C=O) groups is 2. The minimum absolute atomic E-state index is 0.0180. The molecule has 1 amide bonds. The molecule has 1 aliphatic carbocycles. The topological polar surface area (TPSA) is 66.4 Å². The summed E-state index contributed by atoms with van der Waals surface area (Å²) < 4.78 is 0. The van der Waals surface area contributed by atoms with E-state index in [1.165, 1.54) is 19.3 Å². The highest BCUT2D eigenvalue weighted by molar-refractivity contribution is 5.76. The van der Waals surface area contributed by atoms with Crippen LogP contribution in [-0.2, 0) is 9.59 Å². The molecule has 0 aromatic rings. The standard InChI is InChI=1S/C11H19NO3/c13-10(5-2-6-11(14)15)12-8-7-9-3-1-4-9/h9H,1-8H2,(H,12,13)(H,14,15). The van der Waals surface area contributed by atoms with Crippen molar-refractivity contribution in [2.24, 2.45) is 5.92 Å². The third kappa shape index (κ3) is 5.40. The number of rotatable bonds is 7. The molecule has 1 saturated carbocycles. The lowest BCUT2D eigenvalue weighted by Crippen LogP contribution is -2.27. The van der Waals surface area contributed by atoms with Crippen molar-refractivity contribution in [3.8, 4) is 0 Å². The zero-order chi connectivity index (χ0) is 11.1. The minimum atomic E-state index is -0.836. The third-order valence-electron chi connectivity index (χ3n) is 2.89. The average molecular weight is 213 g/mol. The van der Waals surface area contributed by atoms with E-state index in [0.717, 1.165) is 18.9 Å². The lowest BCUT2D eigenvalue weighted by molar-refractivity contribution is -0.137. The molecule has 86 valence electrons. The molecule has 0 radical (unpaired) electrons. The lowest BCUT2D eigenvalue weighted by Gasteiger charge is -2.25. The normalized spacial score (nSPS) is 15.7. The van der Waals surface area contributed by atoms with Gasteiger partial charge in [-0.25, -0.2) is 0 Å². The molecule has 0 unspecified atom stereocenters. The van der Waals surface area contributed by atoms with Gasteiger partial charge in [-0.05, 0) is 18.8 Å². The van der Waals surface area contributed by atoms with Crippen LogP contribution in [0, 0.1) is 5.92 Å². The maximum absolute atomic E-state index is 11.2. The van der Waals surface area contributed by atoms with Gasteiger partial charge in [0.2, 0.25) is 5.91 Å². The quantitative estimate of drug-likeness (QED) is 0.674. The van der Waals surface area contributed by atoms with Gasteiger partial charge in [-0.1, -0.05) is 19.3 Å². The van der Waals surface area contributed by atoms with E-state index in [9.17, 15) is 9.59 Å². The van der Waals surface area contributed by atoms with Crippen LogP contribution in [0.25, 0.3) is 0 Å². The van der Waals surface area contributed by atoms with Crippen LogP contribution < -0.4 is 5.32 Å². The van der Waals surface area contributed by atoms with Crippen LogP contribution in [0.4, 0.5) is 0 Å². The summed E-state index contributed by atoms with van der Waals surface area (Å²) in [6, 6.07) is 0. The van der Waals surface area contributed by atoms with Crippen molar-refractivity contribution in [3.63, 3.8) is 0 Å². The first-order chi connectivity index (χ1) is 7.18. The van der Waals surface area contributed by atoms with E-state index in [1.807, 2.05) is 0 Å². The fourth-order valence-electron chi connectivity index (χ4n) is 1.69. The van der Waals surface area contributed by atoms with E-state index >= 15 is 0 Å². The number of carboxylic acid groups (broad SMARTS) is 1. The molecule has 4 nitrogen and oxygen atoms in total. The minimum Gasteiger partial charge on any atom is -0.481 e. The number of aliphatic carboxylic acids is 1. The molecule has 0 saturated heterocycles. The zero-order valence-electron chi connectivity index (χ0n) is 9.00. The third-order valence-corrected chi connectivity index (χ3v) is 2.89. The summed E-state index contributed by atoms with van der Waals surface area (Å²) in [6.45, 7) is 0.747. The van der Waals surface area contributed by atoms with Crippen molar-refractivity contribution in [3.05, 3.63) is 0 Å². The van der Waals surface area contributed by atoms with Crippen molar-refractivity contribution in [1.82, 2.24) is 5.32 Å². The van der Waals surface area contributed by atoms with Crippen molar-refractivity contribution in [2.75, 3.05) is 6.54 Å². The van der Waals surface area contributed by atoms with Gasteiger partial charge < -0.3 is 10.4 Å². The van der Waals surface area contributed by atoms with E-state index in [4.69, 9.17) is 5.11 Å². The second-order valence-corrected chi connectivity index (χ2v) is 4.18. The van der Waals surface area contributed by atoms with Crippen LogP contribution in [0.5, 0.6) is 0 Å². The summed E-state index contributed by atoms with van der Waals surface area (Å²) in [5.74, 6) is -0.0443. The average Bonchev–Trinajstić information content (AvgIpc) is 2.08. The summed E-state index contributed by atoms with van der Waals surface area (Å²) in [5.41, 5.74) is 0. The molecule has 0 spiro atoms. The highest BCUT2D eigenvalue weighted by atomic mass is 16.4. The monoisotopic (exact) mass is 213 g/mol. The molecule has 0 aromatic carbocycles. The van der Waals surface area contributed by atoms with E-state index < -0.39 is 5.97 Å². The van der Waals surface area contributed by atoms with Crippen LogP contribution >= 0.6 is 0 Å². The van der Waals surface area contributed by atoms with Gasteiger partial charge in [0.25, 0.3) is 0 Å². The SMILES string of the molecule is O=C(O)CCCC(=O)NCCC1CCC1. The summed E-state index contributed by atoms with van der Waals surface area (Å²) in [5, 5.41) is 11.2. The first-order valence-electron chi connectivity index (χ1n) is 5.67. The van der Waals surface area contributed by atoms with Crippen molar-refractivity contribution in [1.29, 1.82) is 0 Å². The Balaban J connectivity index is 1.90. The summed E-state index contributed by atoms with van der Waals surface area (Å²) >= 11 is 0. The maximum Gasteiger partial charge on any atom is 0.303 e. The van der Waals surface area contributed by atoms with Gasteiger partial charge in [0.05, 0.1) is 0 Å². The maximum atomic E-state index is 11.2. The molecule has 0 aliphatic heterocycles. The van der Waals surface area contributed by atoms with E-state index in [-0.39, 0.29) is 12.3 Å². The van der Waals surface area contributed by atoms with Gasteiger partial charge in [-0.15, -0.1) is 0 Å². The molecule has 4 heteroatoms. The molecule has 1 rings (SSSR count). The van der Waals surface area contributed by atoms with Gasteiger partial charge in [0.15, 0.2) is 0 Å². The van der Waals surface area contributed by atoms with E-state index in [1.54, 1.807) is 0 Å². The predicted octanol–water partition coefficient (Wildman–Crippen LogP) is 1.55. The molecule has 0 atom stereocenters. The zero-order valence-corrected chi connectivity index (χ0v) is 9.00. The lowest BCUT2D eigenvalue weighted by atomic mass is 9.83. The largest absolute Gasteiger partial charge is 0.481 e. The van der Waals surface area contributed by atoms with Crippen LogP contribution in [0.3, 0.4) is 0 Å². The highest BCUT2D eigenvalue weighted by Gasteiger charge is 2.16. The first-order valence-corrected chi connectivity index (χ1v) is 5.67. The Morgan fingerprint density at radius 3 is 2.53 bits per heavy atom. The molecule has 2 N–H and O–H groups in total. The Hall–Kier alpha value is -1.06. The van der Waals surface area contributed by atoms with Crippen LogP contribution in [0.2, 0.25) is 0 Å². The van der Waals surface area contributed by atoms with Crippen molar-refractivity contribution < 1.29 is 14.7 Å². The van der Waals surface area contributed by atoms with Crippen LogP contribution in [0.15, 0.2) is 0 Å². The summed E-state index contributed by atoms with van der Waals surface area (Å²) in [7, 11) is 0. The first kappa shape index (κ1) is 12.0. The van der Waals surface area contributed by atoms with Crippen LogP contribution in [0.1, 0.15) is 44.9 Å². The molecule has 0 bridgehead atoms. The Kier molecular flexibility index (Phi) is 5.15. The fraction of sp³-hybridized carbons (Fsp3) is 0.818. The number of hydrogen-bond acceptors (Lipinski definition) is 2. The number of nitrogens with one attached hydrogen (secondary N) is 1. The Bertz CT molecular complexity index is 224. The van der Waals surface area contributed by atoms with Crippen molar-refractivity contribution >= 4 is 11.9 Å². The van der Waals surface area contributed by atoms with Crippen molar-refractivity contribution in [2.45, 2.75) is 44.9 Å². The smallest absolute Gasteiger partial charge is 0.303 e. The van der Waals surface area contributed by atoms with Gasteiger partial charge in [0.1, 0.15) is 0 Å². The Morgan fingerprint density at radius 2 is 2.00 bits per heavy atom. The van der Waals surface area contributed by atoms with Gasteiger partial charge in [-0.2, -0.15) is 0 Å². The number of carboxylic acids is 1. The van der Waals surface area contributed by atoms with Gasteiger partial charge >= 0.3 is 5.97 Å². The number of amides is 1. The van der Waals surface area contributed by atoms with E-state index in [0.29, 0.717) is 12.8 Å².